The molecule has 1 saturated heterocycles. The van der Waals surface area contributed by atoms with Crippen molar-refractivity contribution in [2.75, 3.05) is 18.0 Å². The number of rotatable bonds is 1. The number of aromatic amines is 1. The van der Waals surface area contributed by atoms with Crippen LogP contribution in [0, 0.1) is 5.92 Å². The number of hydrogen-bond acceptors (Lipinski definition) is 4. The van der Waals surface area contributed by atoms with Crippen LogP contribution >= 0.6 is 0 Å². The van der Waals surface area contributed by atoms with Crippen molar-refractivity contribution in [3.8, 4) is 0 Å². The van der Waals surface area contributed by atoms with Crippen LogP contribution in [0.15, 0.2) is 0 Å². The van der Waals surface area contributed by atoms with Crippen molar-refractivity contribution in [1.29, 1.82) is 0 Å². The van der Waals surface area contributed by atoms with Gasteiger partial charge in [0.25, 0.3) is 5.95 Å². The molecule has 0 spiro atoms. The van der Waals surface area contributed by atoms with Crippen molar-refractivity contribution >= 4 is 5.95 Å². The second-order valence-corrected chi connectivity index (χ2v) is 3.76. The predicted octanol–water partition coefficient (Wildman–Crippen LogP) is 0.826. The zero-order chi connectivity index (χ0) is 9.10. The van der Waals surface area contributed by atoms with E-state index in [1.165, 1.54) is 19.3 Å². The second-order valence-electron chi connectivity index (χ2n) is 3.76. The fraction of sp³-hybridized carbons (Fsp3) is 0.875. The molecule has 0 aromatic carbocycles. The topological polar surface area (TPSA) is 57.7 Å². The maximum Gasteiger partial charge on any atom is 0.265 e. The molecule has 0 saturated carbocycles. The van der Waals surface area contributed by atoms with E-state index in [9.17, 15) is 0 Å². The average molecular weight is 181 g/mol. The molecule has 1 aromatic rings. The standard InChI is InChI=1S/C8H15N5/c1-7-4-2-3-5-13(6-7)8-9-11-12-10-8/h7H,2-6H2,1H3,(H,9,10,11,12)/t7-/m1/s1. The average Bonchev–Trinajstić information content (AvgIpc) is 2.56. The molecule has 0 bridgehead atoms. The van der Waals surface area contributed by atoms with Crippen molar-refractivity contribution in [3.05, 3.63) is 0 Å². The molecular weight excluding hydrogens is 166 g/mol. The first-order valence-corrected chi connectivity index (χ1v) is 4.84. The lowest BCUT2D eigenvalue weighted by atomic mass is 10.1. The summed E-state index contributed by atoms with van der Waals surface area (Å²) in [4.78, 5) is 2.21. The molecular formula is C8H15N5. The normalized spacial score (nSPS) is 24.4. The number of nitrogens with one attached hydrogen (secondary N) is 1. The van der Waals surface area contributed by atoms with Gasteiger partial charge in [0.1, 0.15) is 0 Å². The minimum Gasteiger partial charge on any atom is -0.338 e. The van der Waals surface area contributed by atoms with Gasteiger partial charge in [-0.05, 0) is 24.0 Å². The summed E-state index contributed by atoms with van der Waals surface area (Å²) in [6.07, 6.45) is 3.86. The van der Waals surface area contributed by atoms with Crippen LogP contribution in [0.25, 0.3) is 0 Å². The molecule has 72 valence electrons. The molecule has 0 unspecified atom stereocenters. The highest BCUT2D eigenvalue weighted by Gasteiger charge is 2.17. The van der Waals surface area contributed by atoms with E-state index >= 15 is 0 Å². The Balaban J connectivity index is 2.05. The summed E-state index contributed by atoms with van der Waals surface area (Å²) in [7, 11) is 0. The van der Waals surface area contributed by atoms with Gasteiger partial charge in [0.05, 0.1) is 0 Å². The quantitative estimate of drug-likeness (QED) is 0.697. The zero-order valence-corrected chi connectivity index (χ0v) is 7.90. The highest BCUT2D eigenvalue weighted by Crippen LogP contribution is 2.18. The zero-order valence-electron chi connectivity index (χ0n) is 7.90. The molecule has 1 aliphatic rings. The number of H-pyrrole nitrogens is 1. The predicted molar refractivity (Wildman–Crippen MR) is 49.4 cm³/mol. The second kappa shape index (κ2) is 3.72. The van der Waals surface area contributed by atoms with Crippen molar-refractivity contribution < 1.29 is 0 Å². The maximum atomic E-state index is 3.99. The van der Waals surface area contributed by atoms with E-state index in [4.69, 9.17) is 0 Å². The molecule has 5 nitrogen and oxygen atoms in total. The summed E-state index contributed by atoms with van der Waals surface area (Å²) in [6, 6.07) is 0. The molecule has 1 aromatic heterocycles. The first-order chi connectivity index (χ1) is 6.36. The molecule has 2 heterocycles. The minimum atomic E-state index is 0.737. The van der Waals surface area contributed by atoms with Gasteiger partial charge in [-0.15, -0.1) is 5.10 Å². The SMILES string of the molecule is C[C@@H]1CCCCN(c2nn[nH]n2)C1. The number of hydrogen-bond donors (Lipinski definition) is 1. The van der Waals surface area contributed by atoms with Gasteiger partial charge in [0.15, 0.2) is 0 Å². The number of nitrogens with zero attached hydrogens (tertiary/aromatic N) is 4. The van der Waals surface area contributed by atoms with E-state index in [1.54, 1.807) is 0 Å². The van der Waals surface area contributed by atoms with Crippen LogP contribution in [0.5, 0.6) is 0 Å². The first kappa shape index (κ1) is 8.47. The Bertz CT molecular complexity index is 245. The van der Waals surface area contributed by atoms with Gasteiger partial charge >= 0.3 is 0 Å². The van der Waals surface area contributed by atoms with Crippen LogP contribution in [-0.2, 0) is 0 Å². The van der Waals surface area contributed by atoms with Gasteiger partial charge in [0.2, 0.25) is 0 Å². The summed E-state index contributed by atoms with van der Waals surface area (Å²) in [5.74, 6) is 1.48. The van der Waals surface area contributed by atoms with Crippen LogP contribution in [0.1, 0.15) is 26.2 Å². The molecule has 0 aliphatic carbocycles. The maximum absolute atomic E-state index is 3.99. The monoisotopic (exact) mass is 181 g/mol. The molecule has 0 radical (unpaired) electrons. The molecule has 1 aliphatic heterocycles. The van der Waals surface area contributed by atoms with Crippen molar-refractivity contribution in [1.82, 2.24) is 20.6 Å². The van der Waals surface area contributed by atoms with Crippen molar-refractivity contribution in [3.63, 3.8) is 0 Å². The molecule has 0 amide bonds. The lowest BCUT2D eigenvalue weighted by molar-refractivity contribution is 0.542. The van der Waals surface area contributed by atoms with E-state index in [2.05, 4.69) is 32.4 Å². The van der Waals surface area contributed by atoms with Gasteiger partial charge < -0.3 is 4.90 Å². The van der Waals surface area contributed by atoms with Crippen molar-refractivity contribution in [2.24, 2.45) is 5.92 Å². The summed E-state index contributed by atoms with van der Waals surface area (Å²) in [5, 5.41) is 14.1. The van der Waals surface area contributed by atoms with Gasteiger partial charge in [0, 0.05) is 13.1 Å². The minimum absolute atomic E-state index is 0.737. The van der Waals surface area contributed by atoms with E-state index < -0.39 is 0 Å². The third-order valence-corrected chi connectivity index (χ3v) is 2.52. The third kappa shape index (κ3) is 1.96. The Morgan fingerprint density at radius 1 is 1.46 bits per heavy atom. The van der Waals surface area contributed by atoms with Crippen LogP contribution in [0.4, 0.5) is 5.95 Å². The Morgan fingerprint density at radius 3 is 3.15 bits per heavy atom. The Kier molecular flexibility index (Phi) is 2.42. The fourth-order valence-corrected chi connectivity index (χ4v) is 1.83. The Morgan fingerprint density at radius 2 is 2.38 bits per heavy atom. The van der Waals surface area contributed by atoms with Crippen LogP contribution in [0.2, 0.25) is 0 Å². The molecule has 1 fully saturated rings. The number of tetrazole rings is 1. The summed E-state index contributed by atoms with van der Waals surface area (Å²) >= 11 is 0. The molecule has 5 heteroatoms. The summed E-state index contributed by atoms with van der Waals surface area (Å²) in [5.41, 5.74) is 0. The lowest BCUT2D eigenvalue weighted by Gasteiger charge is -2.19. The van der Waals surface area contributed by atoms with E-state index in [0.29, 0.717) is 0 Å². The van der Waals surface area contributed by atoms with E-state index in [0.717, 1.165) is 25.0 Å². The molecule has 2 rings (SSSR count). The van der Waals surface area contributed by atoms with E-state index in [1.807, 2.05) is 0 Å². The van der Waals surface area contributed by atoms with E-state index in [-0.39, 0.29) is 0 Å². The Labute approximate surface area is 77.5 Å². The van der Waals surface area contributed by atoms with Gasteiger partial charge in [-0.1, -0.05) is 18.4 Å². The fourth-order valence-electron chi connectivity index (χ4n) is 1.83. The largest absolute Gasteiger partial charge is 0.338 e. The molecule has 1 atom stereocenters. The van der Waals surface area contributed by atoms with Gasteiger partial charge in [-0.25, -0.2) is 0 Å². The van der Waals surface area contributed by atoms with Crippen LogP contribution < -0.4 is 4.90 Å². The van der Waals surface area contributed by atoms with Gasteiger partial charge in [-0.3, -0.25) is 0 Å². The Hall–Kier alpha value is -1.13. The highest BCUT2D eigenvalue weighted by atomic mass is 15.5. The van der Waals surface area contributed by atoms with Crippen molar-refractivity contribution in [2.45, 2.75) is 26.2 Å². The summed E-state index contributed by atoms with van der Waals surface area (Å²) in [6.45, 7) is 4.39. The number of aromatic nitrogens is 4. The van der Waals surface area contributed by atoms with Crippen LogP contribution in [0.3, 0.4) is 0 Å². The number of anilines is 1. The highest BCUT2D eigenvalue weighted by molar-refractivity contribution is 5.25. The third-order valence-electron chi connectivity index (χ3n) is 2.52. The van der Waals surface area contributed by atoms with Gasteiger partial charge in [-0.2, -0.15) is 5.21 Å². The van der Waals surface area contributed by atoms with Crippen LogP contribution in [-0.4, -0.2) is 33.7 Å². The lowest BCUT2D eigenvalue weighted by Crippen LogP contribution is -2.28. The molecule has 13 heavy (non-hydrogen) atoms. The molecule has 1 N–H and O–H groups in total. The first-order valence-electron chi connectivity index (χ1n) is 4.84. The smallest absolute Gasteiger partial charge is 0.265 e. The summed E-state index contributed by atoms with van der Waals surface area (Å²) < 4.78 is 0.